The highest BCUT2D eigenvalue weighted by atomic mass is 16.6. The molecule has 1 saturated heterocycles. The van der Waals surface area contributed by atoms with E-state index in [1.807, 2.05) is 13.8 Å². The average Bonchev–Trinajstić information content (AvgIpc) is 3.08. The SMILES string of the molecule is CC.CCOC(=O)c1c(CC(=O)NCCCN2CCOCC2)[nH]c(C(=O)OC(C)(C)C)c1C. The van der Waals surface area contributed by atoms with Crippen LogP contribution in [0.15, 0.2) is 0 Å². The van der Waals surface area contributed by atoms with Crippen molar-refractivity contribution in [1.29, 1.82) is 0 Å². The number of carbonyl (C=O) groups excluding carboxylic acids is 3. The van der Waals surface area contributed by atoms with Crippen molar-refractivity contribution in [2.45, 2.75) is 66.9 Å². The van der Waals surface area contributed by atoms with E-state index < -0.39 is 17.5 Å². The molecule has 0 aliphatic carbocycles. The van der Waals surface area contributed by atoms with E-state index in [0.717, 1.165) is 39.3 Å². The second-order valence-corrected chi connectivity index (χ2v) is 8.54. The van der Waals surface area contributed by atoms with Crippen LogP contribution in [0.2, 0.25) is 0 Å². The van der Waals surface area contributed by atoms with Crippen molar-refractivity contribution in [3.63, 3.8) is 0 Å². The number of aromatic nitrogens is 1. The van der Waals surface area contributed by atoms with Gasteiger partial charge in [0.05, 0.1) is 31.8 Å². The Morgan fingerprint density at radius 1 is 1.12 bits per heavy atom. The average molecular weight is 468 g/mol. The highest BCUT2D eigenvalue weighted by Gasteiger charge is 2.28. The Kier molecular flexibility index (Phi) is 12.2. The van der Waals surface area contributed by atoms with Crippen LogP contribution in [0.25, 0.3) is 0 Å². The molecular formula is C24H41N3O6. The number of rotatable bonds is 9. The lowest BCUT2D eigenvalue weighted by molar-refractivity contribution is -0.120. The Morgan fingerprint density at radius 3 is 2.33 bits per heavy atom. The maximum absolute atomic E-state index is 12.6. The van der Waals surface area contributed by atoms with Gasteiger partial charge in [-0.1, -0.05) is 13.8 Å². The number of morpholine rings is 1. The number of nitrogens with one attached hydrogen (secondary N) is 2. The Labute approximate surface area is 197 Å². The van der Waals surface area contributed by atoms with Gasteiger partial charge in [0.2, 0.25) is 5.91 Å². The fourth-order valence-corrected chi connectivity index (χ4v) is 3.38. The zero-order valence-electron chi connectivity index (χ0n) is 21.3. The molecule has 1 fully saturated rings. The van der Waals surface area contributed by atoms with Crippen LogP contribution in [0.3, 0.4) is 0 Å². The molecule has 9 heteroatoms. The third-order valence-electron chi connectivity index (χ3n) is 4.82. The van der Waals surface area contributed by atoms with Gasteiger partial charge in [0.15, 0.2) is 0 Å². The van der Waals surface area contributed by atoms with Crippen LogP contribution in [-0.2, 0) is 25.4 Å². The first-order chi connectivity index (χ1) is 15.6. The Hall–Kier alpha value is -2.39. The molecule has 33 heavy (non-hydrogen) atoms. The van der Waals surface area contributed by atoms with Crippen molar-refractivity contribution in [2.24, 2.45) is 0 Å². The molecule has 0 radical (unpaired) electrons. The van der Waals surface area contributed by atoms with Crippen LogP contribution < -0.4 is 5.32 Å². The Morgan fingerprint density at radius 2 is 1.76 bits per heavy atom. The van der Waals surface area contributed by atoms with Crippen molar-refractivity contribution in [1.82, 2.24) is 15.2 Å². The first kappa shape index (κ1) is 28.6. The quantitative estimate of drug-likeness (QED) is 0.424. The molecule has 1 aromatic rings. The van der Waals surface area contributed by atoms with Crippen LogP contribution >= 0.6 is 0 Å². The second-order valence-electron chi connectivity index (χ2n) is 8.54. The summed E-state index contributed by atoms with van der Waals surface area (Å²) in [4.78, 5) is 42.7. The fraction of sp³-hybridized carbons (Fsp3) is 0.708. The zero-order valence-corrected chi connectivity index (χ0v) is 21.3. The molecule has 1 aliphatic rings. The van der Waals surface area contributed by atoms with E-state index in [9.17, 15) is 14.4 Å². The summed E-state index contributed by atoms with van der Waals surface area (Å²) in [6.07, 6.45) is 0.763. The molecule has 0 saturated carbocycles. The summed E-state index contributed by atoms with van der Waals surface area (Å²) in [6.45, 7) is 17.6. The van der Waals surface area contributed by atoms with Crippen LogP contribution in [0.1, 0.15) is 80.1 Å². The standard InChI is InChI=1S/C22H35N3O6.C2H6/c1-6-30-20(27)18-15(2)19(21(28)31-22(3,4)5)24-16(18)14-17(26)23-8-7-9-25-10-12-29-13-11-25;1-2/h24H,6-14H2,1-5H3,(H,23,26);1-2H3. The van der Waals surface area contributed by atoms with Gasteiger partial charge in [-0.2, -0.15) is 0 Å². The molecule has 0 bridgehead atoms. The molecule has 188 valence electrons. The van der Waals surface area contributed by atoms with Gasteiger partial charge in [-0.25, -0.2) is 9.59 Å². The van der Waals surface area contributed by atoms with E-state index in [4.69, 9.17) is 14.2 Å². The second kappa shape index (κ2) is 14.0. The third-order valence-corrected chi connectivity index (χ3v) is 4.82. The van der Waals surface area contributed by atoms with E-state index in [0.29, 0.717) is 17.8 Å². The lowest BCUT2D eigenvalue weighted by atomic mass is 10.1. The number of hydrogen-bond donors (Lipinski definition) is 2. The topological polar surface area (TPSA) is 110 Å². The van der Waals surface area contributed by atoms with E-state index in [1.54, 1.807) is 34.6 Å². The summed E-state index contributed by atoms with van der Waals surface area (Å²) in [5.41, 5.74) is 0.459. The summed E-state index contributed by atoms with van der Waals surface area (Å²) in [7, 11) is 0. The van der Waals surface area contributed by atoms with E-state index in [1.165, 1.54) is 0 Å². The van der Waals surface area contributed by atoms with Gasteiger partial charge in [-0.05, 0) is 53.1 Å². The third kappa shape index (κ3) is 9.55. The van der Waals surface area contributed by atoms with Crippen LogP contribution in [-0.4, -0.2) is 79.3 Å². The number of aromatic amines is 1. The Balaban J connectivity index is 0.00000265. The Bertz CT molecular complexity index is 776. The molecule has 2 N–H and O–H groups in total. The number of ether oxygens (including phenoxy) is 3. The number of H-pyrrole nitrogens is 1. The summed E-state index contributed by atoms with van der Waals surface area (Å²) < 4.78 is 15.9. The molecule has 0 unspecified atom stereocenters. The van der Waals surface area contributed by atoms with Gasteiger partial charge in [0.1, 0.15) is 11.3 Å². The molecule has 0 atom stereocenters. The summed E-state index contributed by atoms with van der Waals surface area (Å²) >= 11 is 0. The minimum atomic E-state index is -0.684. The minimum absolute atomic E-state index is 0.0602. The molecule has 0 spiro atoms. The molecule has 1 aliphatic heterocycles. The van der Waals surface area contributed by atoms with Gasteiger partial charge >= 0.3 is 11.9 Å². The summed E-state index contributed by atoms with van der Waals surface area (Å²) in [5, 5.41) is 2.88. The lowest BCUT2D eigenvalue weighted by Crippen LogP contribution is -2.38. The van der Waals surface area contributed by atoms with Crippen LogP contribution in [0, 0.1) is 6.92 Å². The predicted molar refractivity (Wildman–Crippen MR) is 127 cm³/mol. The van der Waals surface area contributed by atoms with Crippen molar-refractivity contribution < 1.29 is 28.6 Å². The molecule has 1 amide bonds. The molecule has 2 heterocycles. The first-order valence-corrected chi connectivity index (χ1v) is 11.8. The molecule has 9 nitrogen and oxygen atoms in total. The molecule has 0 aromatic carbocycles. The normalized spacial score (nSPS) is 14.2. The molecule has 1 aromatic heterocycles. The van der Waals surface area contributed by atoms with Gasteiger partial charge < -0.3 is 24.5 Å². The molecule has 2 rings (SSSR count). The monoisotopic (exact) mass is 467 g/mol. The summed E-state index contributed by atoms with van der Waals surface area (Å²) in [5.74, 6) is -1.38. The number of hydrogen-bond acceptors (Lipinski definition) is 7. The number of carbonyl (C=O) groups is 3. The predicted octanol–water partition coefficient (Wildman–Crippen LogP) is 2.86. The zero-order chi connectivity index (χ0) is 25.0. The van der Waals surface area contributed by atoms with Crippen molar-refractivity contribution >= 4 is 17.8 Å². The first-order valence-electron chi connectivity index (χ1n) is 11.8. The van der Waals surface area contributed by atoms with Crippen LogP contribution in [0.4, 0.5) is 0 Å². The minimum Gasteiger partial charge on any atom is -0.462 e. The van der Waals surface area contributed by atoms with Crippen LogP contribution in [0.5, 0.6) is 0 Å². The molecular weight excluding hydrogens is 426 g/mol. The highest BCUT2D eigenvalue weighted by Crippen LogP contribution is 2.23. The van der Waals surface area contributed by atoms with Crippen molar-refractivity contribution in [2.75, 3.05) is 46.0 Å². The smallest absolute Gasteiger partial charge is 0.355 e. The maximum Gasteiger partial charge on any atom is 0.355 e. The van der Waals surface area contributed by atoms with Gasteiger partial charge in [0.25, 0.3) is 0 Å². The largest absolute Gasteiger partial charge is 0.462 e. The highest BCUT2D eigenvalue weighted by molar-refractivity contribution is 5.99. The maximum atomic E-state index is 12.6. The van der Waals surface area contributed by atoms with E-state index in [2.05, 4.69) is 15.2 Å². The fourth-order valence-electron chi connectivity index (χ4n) is 3.38. The van der Waals surface area contributed by atoms with Crippen molar-refractivity contribution in [3.05, 3.63) is 22.5 Å². The number of nitrogens with zero attached hydrogens (tertiary/aromatic N) is 1. The number of esters is 2. The van der Waals surface area contributed by atoms with E-state index in [-0.39, 0.29) is 30.2 Å². The van der Waals surface area contributed by atoms with Gasteiger partial charge in [-0.15, -0.1) is 0 Å². The number of amides is 1. The van der Waals surface area contributed by atoms with Crippen molar-refractivity contribution in [3.8, 4) is 0 Å². The van der Waals surface area contributed by atoms with Gasteiger partial charge in [-0.3, -0.25) is 9.69 Å². The van der Waals surface area contributed by atoms with E-state index >= 15 is 0 Å². The van der Waals surface area contributed by atoms with Gasteiger partial charge in [0, 0.05) is 25.3 Å². The lowest BCUT2D eigenvalue weighted by Gasteiger charge is -2.26. The summed E-state index contributed by atoms with van der Waals surface area (Å²) in [6, 6.07) is 0.